The molecule has 3 rings (SSSR count). The summed E-state index contributed by atoms with van der Waals surface area (Å²) in [5.41, 5.74) is 1.32. The maximum atomic E-state index is 6.23. The first-order valence-electron chi connectivity index (χ1n) is 7.86. The van der Waals surface area contributed by atoms with Crippen molar-refractivity contribution in [3.8, 4) is 0 Å². The molecule has 0 saturated carbocycles. The Bertz CT molecular complexity index is 508. The Morgan fingerprint density at radius 3 is 2.76 bits per heavy atom. The molecule has 2 nitrogen and oxygen atoms in total. The monoisotopic (exact) mass is 327 g/mol. The molecule has 2 aliphatic heterocycles. The van der Waals surface area contributed by atoms with Crippen LogP contribution in [0.2, 0.25) is 10.0 Å². The zero-order valence-electron chi connectivity index (χ0n) is 12.7. The lowest BCUT2D eigenvalue weighted by molar-refractivity contribution is 0.0253. The highest BCUT2D eigenvalue weighted by atomic mass is 35.5. The van der Waals surface area contributed by atoms with Crippen molar-refractivity contribution >= 4 is 23.2 Å². The van der Waals surface area contributed by atoms with E-state index < -0.39 is 0 Å². The van der Waals surface area contributed by atoms with Gasteiger partial charge in [0.15, 0.2) is 0 Å². The fourth-order valence-electron chi connectivity index (χ4n) is 4.18. The Balaban J connectivity index is 1.88. The quantitative estimate of drug-likeness (QED) is 0.801. The van der Waals surface area contributed by atoms with Crippen molar-refractivity contribution in [2.45, 2.75) is 44.2 Å². The lowest BCUT2D eigenvalue weighted by Gasteiger charge is -2.43. The lowest BCUT2D eigenvalue weighted by atomic mass is 9.76. The summed E-state index contributed by atoms with van der Waals surface area (Å²) in [6, 6.07) is 7.46. The second-order valence-electron chi connectivity index (χ2n) is 6.30. The molecule has 0 aromatic heterocycles. The second kappa shape index (κ2) is 6.45. The van der Waals surface area contributed by atoms with Crippen LogP contribution in [0.5, 0.6) is 0 Å². The van der Waals surface area contributed by atoms with E-state index in [0.717, 1.165) is 13.2 Å². The van der Waals surface area contributed by atoms with Gasteiger partial charge in [0.05, 0.1) is 16.7 Å². The summed E-state index contributed by atoms with van der Waals surface area (Å²) >= 11 is 12.3. The summed E-state index contributed by atoms with van der Waals surface area (Å²) < 4.78 is 5.79. The Morgan fingerprint density at radius 1 is 1.24 bits per heavy atom. The molecular formula is C17H23Cl2NO. The van der Waals surface area contributed by atoms with E-state index in [1.807, 2.05) is 6.07 Å². The normalized spacial score (nSPS) is 32.6. The lowest BCUT2D eigenvalue weighted by Crippen LogP contribution is -2.47. The molecule has 2 fully saturated rings. The van der Waals surface area contributed by atoms with Crippen LogP contribution in [0.4, 0.5) is 0 Å². The van der Waals surface area contributed by atoms with E-state index in [0.29, 0.717) is 34.0 Å². The summed E-state index contributed by atoms with van der Waals surface area (Å²) in [6.45, 7) is 3.69. The summed E-state index contributed by atoms with van der Waals surface area (Å²) in [4.78, 5) is 2.57. The second-order valence-corrected chi connectivity index (χ2v) is 7.12. The van der Waals surface area contributed by atoms with Gasteiger partial charge in [-0.3, -0.25) is 0 Å². The predicted octanol–water partition coefficient (Wildman–Crippen LogP) is 4.60. The fourth-order valence-corrected chi connectivity index (χ4v) is 4.49. The third-order valence-electron chi connectivity index (χ3n) is 5.32. The Kier molecular flexibility index (Phi) is 4.80. The molecule has 0 radical (unpaired) electrons. The molecule has 2 heterocycles. The summed E-state index contributed by atoms with van der Waals surface area (Å²) in [7, 11) is 2.27. The molecule has 2 saturated heterocycles. The van der Waals surface area contributed by atoms with Gasteiger partial charge >= 0.3 is 0 Å². The highest BCUT2D eigenvalue weighted by Gasteiger charge is 2.45. The number of benzene rings is 1. The zero-order valence-corrected chi connectivity index (χ0v) is 14.2. The van der Waals surface area contributed by atoms with E-state index in [4.69, 9.17) is 27.9 Å². The Labute approximate surface area is 137 Å². The van der Waals surface area contributed by atoms with E-state index in [9.17, 15) is 0 Å². The van der Waals surface area contributed by atoms with Gasteiger partial charge in [0.25, 0.3) is 0 Å². The van der Waals surface area contributed by atoms with Gasteiger partial charge in [0.1, 0.15) is 0 Å². The number of hydrogen-bond donors (Lipinski definition) is 0. The zero-order chi connectivity index (χ0) is 15.0. The average Bonchev–Trinajstić information content (AvgIpc) is 2.72. The molecule has 2 bridgehead atoms. The maximum Gasteiger partial charge on any atom is 0.0595 e. The molecule has 2 aliphatic rings. The first-order valence-corrected chi connectivity index (χ1v) is 8.62. The average molecular weight is 328 g/mol. The fraction of sp³-hybridized carbons (Fsp3) is 0.647. The van der Waals surface area contributed by atoms with E-state index in [-0.39, 0.29) is 0 Å². The summed E-state index contributed by atoms with van der Waals surface area (Å²) in [5, 5.41) is 1.30. The summed E-state index contributed by atoms with van der Waals surface area (Å²) in [5.74, 6) is 1.07. The van der Waals surface area contributed by atoms with Gasteiger partial charge in [-0.15, -0.1) is 0 Å². The molecule has 1 aromatic carbocycles. The van der Waals surface area contributed by atoms with Crippen molar-refractivity contribution in [2.75, 3.05) is 20.3 Å². The van der Waals surface area contributed by atoms with E-state index in [2.05, 4.69) is 31.0 Å². The Morgan fingerprint density at radius 2 is 2.05 bits per heavy atom. The van der Waals surface area contributed by atoms with Gasteiger partial charge in [-0.05, 0) is 56.8 Å². The molecule has 4 atom stereocenters. The minimum Gasteiger partial charge on any atom is -0.381 e. The van der Waals surface area contributed by atoms with Gasteiger partial charge in [0, 0.05) is 24.6 Å². The smallest absolute Gasteiger partial charge is 0.0595 e. The molecule has 1 aromatic rings. The van der Waals surface area contributed by atoms with Crippen molar-refractivity contribution in [1.29, 1.82) is 0 Å². The molecule has 0 aliphatic carbocycles. The van der Waals surface area contributed by atoms with Gasteiger partial charge < -0.3 is 9.64 Å². The van der Waals surface area contributed by atoms with Gasteiger partial charge in [0.2, 0.25) is 0 Å². The van der Waals surface area contributed by atoms with Crippen LogP contribution >= 0.6 is 23.2 Å². The van der Waals surface area contributed by atoms with Gasteiger partial charge in [-0.1, -0.05) is 29.3 Å². The van der Waals surface area contributed by atoms with Crippen LogP contribution in [0.15, 0.2) is 18.2 Å². The molecule has 0 amide bonds. The minimum absolute atomic E-state index is 0.528. The number of rotatable bonds is 4. The van der Waals surface area contributed by atoms with Crippen LogP contribution < -0.4 is 0 Å². The van der Waals surface area contributed by atoms with Crippen LogP contribution in [0.25, 0.3) is 0 Å². The van der Waals surface area contributed by atoms with E-state index >= 15 is 0 Å². The molecular weight excluding hydrogens is 305 g/mol. The first-order chi connectivity index (χ1) is 10.1. The van der Waals surface area contributed by atoms with E-state index in [1.54, 1.807) is 0 Å². The highest BCUT2D eigenvalue weighted by Crippen LogP contribution is 2.46. The van der Waals surface area contributed by atoms with Crippen molar-refractivity contribution in [1.82, 2.24) is 4.90 Å². The van der Waals surface area contributed by atoms with Crippen LogP contribution in [0.1, 0.15) is 37.7 Å². The van der Waals surface area contributed by atoms with E-state index in [1.165, 1.54) is 24.8 Å². The number of piperidine rings is 1. The van der Waals surface area contributed by atoms with Crippen LogP contribution in [-0.4, -0.2) is 37.2 Å². The number of halogens is 2. The van der Waals surface area contributed by atoms with Crippen molar-refractivity contribution in [3.63, 3.8) is 0 Å². The number of ether oxygens (including phenoxy) is 1. The molecule has 21 heavy (non-hydrogen) atoms. The number of fused-ring (bicyclic) bond motifs is 2. The molecule has 4 heteroatoms. The third kappa shape index (κ3) is 2.96. The molecule has 0 unspecified atom stereocenters. The topological polar surface area (TPSA) is 12.5 Å². The standard InChI is InChI=1S/C17H23Cl2NO/c1-3-21-10-14-13(9-12-5-7-17(14)20(12)2)11-4-6-15(18)16(19)8-11/h4,6,8,12-14,17H,3,5,7,9-10H2,1-2H3/t12-,13+,14-,17+/m1/s1. The molecule has 0 N–H and O–H groups in total. The largest absolute Gasteiger partial charge is 0.381 e. The molecule has 116 valence electrons. The number of hydrogen-bond acceptors (Lipinski definition) is 2. The van der Waals surface area contributed by atoms with Crippen molar-refractivity contribution in [3.05, 3.63) is 33.8 Å². The van der Waals surface area contributed by atoms with Crippen molar-refractivity contribution in [2.24, 2.45) is 5.92 Å². The Hall–Kier alpha value is -0.280. The predicted molar refractivity (Wildman–Crippen MR) is 88.4 cm³/mol. The molecule has 0 spiro atoms. The maximum absolute atomic E-state index is 6.23. The summed E-state index contributed by atoms with van der Waals surface area (Å²) in [6.07, 6.45) is 3.79. The first kappa shape index (κ1) is 15.6. The highest BCUT2D eigenvalue weighted by molar-refractivity contribution is 6.42. The number of nitrogens with zero attached hydrogens (tertiary/aromatic N) is 1. The minimum atomic E-state index is 0.528. The van der Waals surface area contributed by atoms with Crippen LogP contribution in [-0.2, 0) is 4.74 Å². The SMILES string of the molecule is CCOC[C@@H]1[C@H](c2ccc(Cl)c(Cl)c2)C[C@H]2CC[C@@H]1N2C. The van der Waals surface area contributed by atoms with Crippen LogP contribution in [0, 0.1) is 5.92 Å². The van der Waals surface area contributed by atoms with Gasteiger partial charge in [-0.25, -0.2) is 0 Å². The van der Waals surface area contributed by atoms with Crippen molar-refractivity contribution < 1.29 is 4.74 Å². The van der Waals surface area contributed by atoms with Crippen LogP contribution in [0.3, 0.4) is 0 Å². The van der Waals surface area contributed by atoms with Gasteiger partial charge in [-0.2, -0.15) is 0 Å². The third-order valence-corrected chi connectivity index (χ3v) is 6.06.